The molecule has 0 saturated carbocycles. The van der Waals surface area contributed by atoms with Gasteiger partial charge >= 0.3 is 6.36 Å². The number of carbonyl (C=O) groups is 1. The van der Waals surface area contributed by atoms with E-state index in [4.69, 9.17) is 11.6 Å². The molecule has 0 saturated heterocycles. The number of aromatic nitrogens is 4. The van der Waals surface area contributed by atoms with Crippen LogP contribution in [0.15, 0.2) is 49.2 Å². The van der Waals surface area contributed by atoms with Crippen LogP contribution in [0.1, 0.15) is 29.0 Å². The third-order valence-corrected chi connectivity index (χ3v) is 3.88. The zero-order valence-corrected chi connectivity index (χ0v) is 15.6. The molecule has 0 aliphatic carbocycles. The van der Waals surface area contributed by atoms with E-state index in [0.717, 1.165) is 12.1 Å². The van der Waals surface area contributed by atoms with Crippen molar-refractivity contribution in [2.24, 2.45) is 0 Å². The molecule has 7 nitrogen and oxygen atoms in total. The lowest BCUT2D eigenvalue weighted by Crippen LogP contribution is -2.28. The number of benzene rings is 1. The molecule has 1 atom stereocenters. The monoisotopic (exact) mass is 423 g/mol. The third kappa shape index (κ3) is 5.38. The molecule has 0 spiro atoms. The Hall–Kier alpha value is -3.27. The van der Waals surface area contributed by atoms with Gasteiger partial charge in [0.05, 0.1) is 17.9 Å². The summed E-state index contributed by atoms with van der Waals surface area (Å²) in [7, 11) is 0. The lowest BCUT2D eigenvalue weighted by molar-refractivity contribution is -0.274. The van der Waals surface area contributed by atoms with Crippen molar-refractivity contribution < 1.29 is 22.7 Å². The molecule has 3 rings (SSSR count). The van der Waals surface area contributed by atoms with Gasteiger partial charge in [-0.3, -0.25) is 24.7 Å². The smallest absolute Gasteiger partial charge is 0.406 e. The largest absolute Gasteiger partial charge is 0.573 e. The number of amides is 1. The molecule has 1 N–H and O–H groups in total. The standard InChI is InChI=1S/C18H13ClF3N5O2/c1-10(15-16(26-5-4-25-15)14-9-23-2-3-24-14)27-17(28)11-6-12(19)8-13(7-11)29-18(20,21)22/h2-10H,1H3,(H,27,28). The number of halogens is 4. The molecule has 2 heterocycles. The van der Waals surface area contributed by atoms with Crippen LogP contribution in [0.3, 0.4) is 0 Å². The number of carbonyl (C=O) groups excluding carboxylic acids is 1. The molecule has 1 amide bonds. The topological polar surface area (TPSA) is 89.9 Å². The van der Waals surface area contributed by atoms with Gasteiger partial charge in [0.25, 0.3) is 5.91 Å². The minimum Gasteiger partial charge on any atom is -0.406 e. The lowest BCUT2D eigenvalue weighted by atomic mass is 10.1. The average Bonchev–Trinajstić information content (AvgIpc) is 2.66. The van der Waals surface area contributed by atoms with E-state index >= 15 is 0 Å². The number of ether oxygens (including phenoxy) is 1. The highest BCUT2D eigenvalue weighted by atomic mass is 35.5. The average molecular weight is 424 g/mol. The SMILES string of the molecule is CC(NC(=O)c1cc(Cl)cc(OC(F)(F)F)c1)c1nccnc1-c1cnccn1. The Morgan fingerprint density at radius 1 is 1.10 bits per heavy atom. The van der Waals surface area contributed by atoms with Crippen LogP contribution in [0.5, 0.6) is 5.75 Å². The molecule has 0 radical (unpaired) electrons. The number of hydrogen-bond acceptors (Lipinski definition) is 6. The molecule has 150 valence electrons. The lowest BCUT2D eigenvalue weighted by Gasteiger charge is -2.16. The zero-order valence-electron chi connectivity index (χ0n) is 14.8. The first-order valence-corrected chi connectivity index (χ1v) is 8.55. The minimum absolute atomic E-state index is 0.0793. The highest BCUT2D eigenvalue weighted by Crippen LogP contribution is 2.28. The first kappa shape index (κ1) is 20.5. The Morgan fingerprint density at radius 2 is 1.83 bits per heavy atom. The summed E-state index contributed by atoms with van der Waals surface area (Å²) in [5.41, 5.74) is 1.18. The van der Waals surface area contributed by atoms with Gasteiger partial charge in [0.1, 0.15) is 17.1 Å². The van der Waals surface area contributed by atoms with E-state index in [0.29, 0.717) is 17.1 Å². The van der Waals surface area contributed by atoms with Gasteiger partial charge in [0.2, 0.25) is 0 Å². The van der Waals surface area contributed by atoms with Gasteiger partial charge in [-0.15, -0.1) is 13.2 Å². The first-order chi connectivity index (χ1) is 13.7. The molecular formula is C18H13ClF3N5O2. The summed E-state index contributed by atoms with van der Waals surface area (Å²) in [6.07, 6.45) is 2.51. The molecule has 29 heavy (non-hydrogen) atoms. The second-order valence-electron chi connectivity index (χ2n) is 5.80. The fourth-order valence-electron chi connectivity index (χ4n) is 2.52. The van der Waals surface area contributed by atoms with E-state index in [1.807, 2.05) is 0 Å². The Balaban J connectivity index is 1.84. The van der Waals surface area contributed by atoms with Gasteiger partial charge in [0.15, 0.2) is 0 Å². The Labute approximate surface area is 168 Å². The summed E-state index contributed by atoms with van der Waals surface area (Å²) in [6, 6.07) is 2.50. The summed E-state index contributed by atoms with van der Waals surface area (Å²) in [5.74, 6) is -1.26. The van der Waals surface area contributed by atoms with Gasteiger partial charge in [0, 0.05) is 35.4 Å². The quantitative estimate of drug-likeness (QED) is 0.667. The highest BCUT2D eigenvalue weighted by Gasteiger charge is 2.31. The maximum Gasteiger partial charge on any atom is 0.573 e. The van der Waals surface area contributed by atoms with Gasteiger partial charge in [-0.2, -0.15) is 0 Å². The van der Waals surface area contributed by atoms with Gasteiger partial charge in [-0.25, -0.2) is 0 Å². The Kier molecular flexibility index (Phi) is 5.92. The van der Waals surface area contributed by atoms with Crippen molar-refractivity contribution in [3.05, 3.63) is 65.5 Å². The normalized spacial score (nSPS) is 12.3. The highest BCUT2D eigenvalue weighted by molar-refractivity contribution is 6.31. The summed E-state index contributed by atoms with van der Waals surface area (Å²) in [4.78, 5) is 29.2. The fourth-order valence-corrected chi connectivity index (χ4v) is 2.74. The maximum absolute atomic E-state index is 12.6. The molecule has 11 heteroatoms. The molecule has 0 fully saturated rings. The molecule has 0 aliphatic heterocycles. The van der Waals surface area contributed by atoms with Crippen LogP contribution < -0.4 is 10.1 Å². The minimum atomic E-state index is -4.91. The molecule has 1 unspecified atom stereocenters. The molecule has 1 aromatic carbocycles. The van der Waals surface area contributed by atoms with Crippen molar-refractivity contribution in [1.82, 2.24) is 25.3 Å². The van der Waals surface area contributed by atoms with Gasteiger partial charge in [-0.05, 0) is 25.1 Å². The van der Waals surface area contributed by atoms with Crippen LogP contribution in [0.25, 0.3) is 11.4 Å². The van der Waals surface area contributed by atoms with E-state index < -0.39 is 24.1 Å². The second-order valence-corrected chi connectivity index (χ2v) is 6.24. The van der Waals surface area contributed by atoms with Crippen LogP contribution in [-0.4, -0.2) is 32.2 Å². The summed E-state index contributed by atoms with van der Waals surface area (Å²) >= 11 is 5.82. The van der Waals surface area contributed by atoms with Crippen molar-refractivity contribution in [3.63, 3.8) is 0 Å². The van der Waals surface area contributed by atoms with Crippen molar-refractivity contribution >= 4 is 17.5 Å². The predicted molar refractivity (Wildman–Crippen MR) is 97.1 cm³/mol. The van der Waals surface area contributed by atoms with E-state index in [1.54, 1.807) is 6.92 Å². The molecule has 0 aliphatic rings. The van der Waals surface area contributed by atoms with Gasteiger partial charge < -0.3 is 10.1 Å². The first-order valence-electron chi connectivity index (χ1n) is 8.17. The number of alkyl halides is 3. The number of hydrogen-bond donors (Lipinski definition) is 1. The van der Waals surface area contributed by atoms with Crippen molar-refractivity contribution in [2.45, 2.75) is 19.3 Å². The van der Waals surface area contributed by atoms with Crippen molar-refractivity contribution in [2.75, 3.05) is 0 Å². The van der Waals surface area contributed by atoms with E-state index in [9.17, 15) is 18.0 Å². The van der Waals surface area contributed by atoms with Crippen LogP contribution in [-0.2, 0) is 0 Å². The van der Waals surface area contributed by atoms with Crippen LogP contribution in [0.2, 0.25) is 5.02 Å². The molecule has 3 aromatic rings. The maximum atomic E-state index is 12.6. The van der Waals surface area contributed by atoms with Crippen LogP contribution in [0.4, 0.5) is 13.2 Å². The van der Waals surface area contributed by atoms with Crippen molar-refractivity contribution in [1.29, 1.82) is 0 Å². The van der Waals surface area contributed by atoms with Crippen molar-refractivity contribution in [3.8, 4) is 17.1 Å². The molecule has 0 bridgehead atoms. The van der Waals surface area contributed by atoms with E-state index in [-0.39, 0.29) is 10.6 Å². The summed E-state index contributed by atoms with van der Waals surface area (Å²) in [6.45, 7) is 1.65. The van der Waals surface area contributed by atoms with E-state index in [2.05, 4.69) is 30.0 Å². The number of rotatable bonds is 5. The van der Waals surface area contributed by atoms with E-state index in [1.165, 1.54) is 37.1 Å². The van der Waals surface area contributed by atoms with Gasteiger partial charge in [-0.1, -0.05) is 11.6 Å². The predicted octanol–water partition coefficient (Wildman–Crippen LogP) is 3.98. The van der Waals surface area contributed by atoms with Crippen LogP contribution in [0, 0.1) is 0 Å². The van der Waals surface area contributed by atoms with Crippen LogP contribution >= 0.6 is 11.6 Å². The molecular weight excluding hydrogens is 411 g/mol. The second kappa shape index (κ2) is 8.39. The zero-order chi connectivity index (χ0) is 21.0. The number of nitrogens with one attached hydrogen (secondary N) is 1. The summed E-state index contributed by atoms with van der Waals surface area (Å²) < 4.78 is 41.2. The number of nitrogens with zero attached hydrogens (tertiary/aromatic N) is 4. The third-order valence-electron chi connectivity index (χ3n) is 3.66. The Morgan fingerprint density at radius 3 is 2.52 bits per heavy atom. The fraction of sp³-hybridized carbons (Fsp3) is 0.167. The molecule has 2 aromatic heterocycles. The summed E-state index contributed by atoms with van der Waals surface area (Å²) in [5, 5.41) is 2.58. The Bertz CT molecular complexity index is 1020.